The number of nitrogens with one attached hydrogen (secondary N) is 2. The highest BCUT2D eigenvalue weighted by Gasteiger charge is 2.22. The van der Waals surface area contributed by atoms with E-state index in [1.54, 1.807) is 6.33 Å². The second-order valence-corrected chi connectivity index (χ2v) is 7.48. The average molecular weight is 411 g/mol. The molecule has 1 fully saturated rings. The summed E-state index contributed by atoms with van der Waals surface area (Å²) in [5, 5.41) is 7.25. The zero-order valence-corrected chi connectivity index (χ0v) is 15.8. The van der Waals surface area contributed by atoms with Crippen LogP contribution in [0.2, 0.25) is 0 Å². The Labute approximate surface area is 160 Å². The van der Waals surface area contributed by atoms with E-state index in [4.69, 9.17) is 0 Å². The van der Waals surface area contributed by atoms with Crippen LogP contribution in [-0.4, -0.2) is 15.9 Å². The molecule has 0 aliphatic heterocycles. The summed E-state index contributed by atoms with van der Waals surface area (Å²) < 4.78 is 0.991. The first-order valence-corrected chi connectivity index (χ1v) is 9.56. The molecule has 5 nitrogen and oxygen atoms in total. The van der Waals surface area contributed by atoms with Gasteiger partial charge in [-0.2, -0.15) is 0 Å². The Kier molecular flexibility index (Phi) is 4.84. The van der Waals surface area contributed by atoms with Crippen molar-refractivity contribution in [3.63, 3.8) is 0 Å². The molecule has 0 spiro atoms. The molecule has 1 aliphatic carbocycles. The molecule has 0 radical (unpaired) electrons. The molecule has 132 valence electrons. The van der Waals surface area contributed by atoms with Crippen molar-refractivity contribution in [2.45, 2.75) is 25.7 Å². The Morgan fingerprint density at radius 2 is 1.88 bits per heavy atom. The Morgan fingerprint density at radius 3 is 2.69 bits per heavy atom. The maximum atomic E-state index is 12.4. The second kappa shape index (κ2) is 7.41. The summed E-state index contributed by atoms with van der Waals surface area (Å²) in [6, 6.07) is 13.6. The van der Waals surface area contributed by atoms with Gasteiger partial charge in [-0.15, -0.1) is 0 Å². The van der Waals surface area contributed by atoms with Crippen LogP contribution < -0.4 is 10.6 Å². The Hall–Kier alpha value is -2.47. The molecule has 26 heavy (non-hydrogen) atoms. The van der Waals surface area contributed by atoms with Crippen LogP contribution in [0.4, 0.5) is 17.2 Å². The molecule has 1 aromatic heterocycles. The zero-order valence-electron chi connectivity index (χ0n) is 14.2. The van der Waals surface area contributed by atoms with Gasteiger partial charge < -0.3 is 10.6 Å². The number of carbonyl (C=O) groups excluding carboxylic acids is 1. The van der Waals surface area contributed by atoms with E-state index in [2.05, 4.69) is 36.5 Å². The van der Waals surface area contributed by atoms with Crippen LogP contribution in [0.15, 0.2) is 53.3 Å². The number of benzene rings is 2. The SMILES string of the molecule is O=C(Nc1ccc2ncnc(Nc3cccc(Br)c3)c2c1)C1CCCC1. The van der Waals surface area contributed by atoms with Crippen molar-refractivity contribution < 1.29 is 4.79 Å². The topological polar surface area (TPSA) is 66.9 Å². The van der Waals surface area contributed by atoms with Crippen LogP contribution in [0.1, 0.15) is 25.7 Å². The first-order chi connectivity index (χ1) is 12.7. The van der Waals surface area contributed by atoms with E-state index >= 15 is 0 Å². The van der Waals surface area contributed by atoms with E-state index < -0.39 is 0 Å². The van der Waals surface area contributed by atoms with E-state index in [1.807, 2.05) is 42.5 Å². The van der Waals surface area contributed by atoms with Gasteiger partial charge >= 0.3 is 0 Å². The molecule has 0 atom stereocenters. The van der Waals surface area contributed by atoms with Crippen molar-refractivity contribution in [3.8, 4) is 0 Å². The first-order valence-electron chi connectivity index (χ1n) is 8.77. The van der Waals surface area contributed by atoms with Crippen LogP contribution in [0, 0.1) is 5.92 Å². The van der Waals surface area contributed by atoms with E-state index in [9.17, 15) is 4.79 Å². The highest BCUT2D eigenvalue weighted by atomic mass is 79.9. The standard InChI is InChI=1S/C20H19BrN4O/c21-14-6-3-7-15(10-14)24-19-17-11-16(8-9-18(17)22-12-23-19)25-20(26)13-4-1-2-5-13/h3,6-13H,1-2,4-5H2,(H,25,26)(H,22,23,24). The molecule has 1 aliphatic rings. The van der Waals surface area contributed by atoms with Gasteiger partial charge in [-0.1, -0.05) is 34.8 Å². The molecule has 1 saturated carbocycles. The predicted molar refractivity (Wildman–Crippen MR) is 108 cm³/mol. The number of amides is 1. The Balaban J connectivity index is 1.62. The number of hydrogen-bond acceptors (Lipinski definition) is 4. The van der Waals surface area contributed by atoms with Gasteiger partial charge in [0.1, 0.15) is 12.1 Å². The number of hydrogen-bond donors (Lipinski definition) is 2. The molecule has 4 rings (SSSR count). The summed E-state index contributed by atoms with van der Waals surface area (Å²) in [5.41, 5.74) is 2.54. The van der Waals surface area contributed by atoms with Crippen molar-refractivity contribution in [1.29, 1.82) is 0 Å². The lowest BCUT2D eigenvalue weighted by Gasteiger charge is -2.12. The fourth-order valence-corrected chi connectivity index (χ4v) is 3.77. The van der Waals surface area contributed by atoms with Crippen LogP contribution in [-0.2, 0) is 4.79 Å². The summed E-state index contributed by atoms with van der Waals surface area (Å²) in [6.07, 6.45) is 5.80. The molecule has 1 amide bonds. The minimum absolute atomic E-state index is 0.111. The van der Waals surface area contributed by atoms with Gasteiger partial charge in [-0.05, 0) is 49.2 Å². The summed E-state index contributed by atoms with van der Waals surface area (Å²) >= 11 is 3.48. The molecule has 3 aromatic rings. The zero-order chi connectivity index (χ0) is 17.9. The quantitative estimate of drug-likeness (QED) is 0.614. The molecule has 2 N–H and O–H groups in total. The van der Waals surface area contributed by atoms with Gasteiger partial charge in [-0.3, -0.25) is 4.79 Å². The molecule has 2 aromatic carbocycles. The number of nitrogens with zero attached hydrogens (tertiary/aromatic N) is 2. The second-order valence-electron chi connectivity index (χ2n) is 6.56. The lowest BCUT2D eigenvalue weighted by atomic mass is 10.1. The van der Waals surface area contributed by atoms with E-state index in [0.717, 1.165) is 52.4 Å². The fraction of sp³-hybridized carbons (Fsp3) is 0.250. The number of carbonyl (C=O) groups is 1. The molecule has 0 unspecified atom stereocenters. The van der Waals surface area contributed by atoms with Crippen LogP contribution >= 0.6 is 15.9 Å². The third-order valence-corrected chi connectivity index (χ3v) is 5.21. The molecule has 0 bridgehead atoms. The number of rotatable bonds is 4. The summed E-state index contributed by atoms with van der Waals surface area (Å²) in [5.74, 6) is 0.960. The molecule has 1 heterocycles. The van der Waals surface area contributed by atoms with Gasteiger partial charge in [0.15, 0.2) is 0 Å². The Morgan fingerprint density at radius 1 is 1.04 bits per heavy atom. The third-order valence-electron chi connectivity index (χ3n) is 4.72. The summed E-state index contributed by atoms with van der Waals surface area (Å²) in [6.45, 7) is 0. The maximum absolute atomic E-state index is 12.4. The lowest BCUT2D eigenvalue weighted by molar-refractivity contribution is -0.119. The monoisotopic (exact) mass is 410 g/mol. The number of aromatic nitrogens is 2. The number of anilines is 3. The predicted octanol–water partition coefficient (Wildman–Crippen LogP) is 5.26. The minimum atomic E-state index is 0.111. The van der Waals surface area contributed by atoms with Gasteiger partial charge in [0.2, 0.25) is 5.91 Å². The largest absolute Gasteiger partial charge is 0.340 e. The third kappa shape index (κ3) is 3.70. The fourth-order valence-electron chi connectivity index (χ4n) is 3.37. The Bertz CT molecular complexity index is 953. The average Bonchev–Trinajstić information content (AvgIpc) is 3.17. The maximum Gasteiger partial charge on any atom is 0.227 e. The smallest absolute Gasteiger partial charge is 0.227 e. The van der Waals surface area contributed by atoms with Gasteiger partial charge in [0, 0.05) is 27.2 Å². The highest BCUT2D eigenvalue weighted by Crippen LogP contribution is 2.29. The van der Waals surface area contributed by atoms with Crippen LogP contribution in [0.5, 0.6) is 0 Å². The molecule has 6 heteroatoms. The number of halogens is 1. The molecular formula is C20H19BrN4O. The van der Waals surface area contributed by atoms with Gasteiger partial charge in [-0.25, -0.2) is 9.97 Å². The summed E-state index contributed by atoms with van der Waals surface area (Å²) in [7, 11) is 0. The van der Waals surface area contributed by atoms with Crippen molar-refractivity contribution in [2.75, 3.05) is 10.6 Å². The van der Waals surface area contributed by atoms with Gasteiger partial charge in [0.25, 0.3) is 0 Å². The highest BCUT2D eigenvalue weighted by molar-refractivity contribution is 9.10. The van der Waals surface area contributed by atoms with E-state index in [1.165, 1.54) is 0 Å². The summed E-state index contributed by atoms with van der Waals surface area (Å²) in [4.78, 5) is 21.1. The van der Waals surface area contributed by atoms with E-state index in [0.29, 0.717) is 5.82 Å². The first kappa shape index (κ1) is 17.0. The van der Waals surface area contributed by atoms with Crippen molar-refractivity contribution >= 4 is 49.9 Å². The van der Waals surface area contributed by atoms with E-state index in [-0.39, 0.29) is 11.8 Å². The van der Waals surface area contributed by atoms with Crippen LogP contribution in [0.25, 0.3) is 10.9 Å². The van der Waals surface area contributed by atoms with Crippen molar-refractivity contribution in [3.05, 3.63) is 53.3 Å². The van der Waals surface area contributed by atoms with Crippen LogP contribution in [0.3, 0.4) is 0 Å². The van der Waals surface area contributed by atoms with Crippen molar-refractivity contribution in [1.82, 2.24) is 9.97 Å². The minimum Gasteiger partial charge on any atom is -0.340 e. The number of fused-ring (bicyclic) bond motifs is 1. The van der Waals surface area contributed by atoms with Gasteiger partial charge in [0.05, 0.1) is 5.52 Å². The molecule has 0 saturated heterocycles. The lowest BCUT2D eigenvalue weighted by Crippen LogP contribution is -2.20. The molecular weight excluding hydrogens is 392 g/mol. The van der Waals surface area contributed by atoms with Crippen molar-refractivity contribution in [2.24, 2.45) is 5.92 Å². The normalized spacial score (nSPS) is 14.5.